The SMILES string of the molecule is COc1ccc2c(c1OC)-n1nnc(C)c1CN2NC1CC1. The number of hydrogen-bond acceptors (Lipinski definition) is 6. The lowest BCUT2D eigenvalue weighted by Crippen LogP contribution is -2.42. The Morgan fingerprint density at radius 3 is 2.73 bits per heavy atom. The molecule has 2 heterocycles. The van der Waals surface area contributed by atoms with E-state index in [1.807, 2.05) is 23.7 Å². The van der Waals surface area contributed by atoms with Crippen LogP contribution < -0.4 is 19.9 Å². The molecule has 0 saturated heterocycles. The van der Waals surface area contributed by atoms with E-state index in [1.165, 1.54) is 12.8 Å². The molecule has 1 aromatic heterocycles. The lowest BCUT2D eigenvalue weighted by molar-refractivity contribution is 0.352. The van der Waals surface area contributed by atoms with E-state index < -0.39 is 0 Å². The summed E-state index contributed by atoms with van der Waals surface area (Å²) in [5, 5.41) is 10.7. The fourth-order valence-corrected chi connectivity index (χ4v) is 2.84. The Bertz CT molecular complexity index is 723. The van der Waals surface area contributed by atoms with Gasteiger partial charge in [-0.05, 0) is 31.9 Å². The molecule has 7 nitrogen and oxygen atoms in total. The molecule has 0 radical (unpaired) electrons. The van der Waals surface area contributed by atoms with E-state index in [4.69, 9.17) is 9.47 Å². The second-order valence-corrected chi connectivity index (χ2v) is 5.69. The normalized spacial score (nSPS) is 16.2. The summed E-state index contributed by atoms with van der Waals surface area (Å²) in [6.45, 7) is 2.71. The van der Waals surface area contributed by atoms with Crippen molar-refractivity contribution in [3.05, 3.63) is 23.5 Å². The fourth-order valence-electron chi connectivity index (χ4n) is 2.84. The summed E-state index contributed by atoms with van der Waals surface area (Å²) in [7, 11) is 3.29. The van der Waals surface area contributed by atoms with Gasteiger partial charge in [0.2, 0.25) is 0 Å². The van der Waals surface area contributed by atoms with Crippen LogP contribution in [-0.4, -0.2) is 35.3 Å². The Labute approximate surface area is 128 Å². The van der Waals surface area contributed by atoms with E-state index >= 15 is 0 Å². The zero-order valence-electron chi connectivity index (χ0n) is 13.0. The summed E-state index contributed by atoms with van der Waals surface area (Å²) < 4.78 is 12.9. The molecule has 4 rings (SSSR count). The summed E-state index contributed by atoms with van der Waals surface area (Å²) in [5.74, 6) is 1.36. The van der Waals surface area contributed by atoms with Crippen LogP contribution in [0.2, 0.25) is 0 Å². The minimum Gasteiger partial charge on any atom is -0.493 e. The van der Waals surface area contributed by atoms with Gasteiger partial charge >= 0.3 is 0 Å². The third-order valence-corrected chi connectivity index (χ3v) is 4.18. The molecule has 22 heavy (non-hydrogen) atoms. The van der Waals surface area contributed by atoms with Crippen molar-refractivity contribution in [3.8, 4) is 17.2 Å². The zero-order valence-corrected chi connectivity index (χ0v) is 13.0. The van der Waals surface area contributed by atoms with Crippen molar-refractivity contribution in [1.82, 2.24) is 20.4 Å². The first-order valence-electron chi connectivity index (χ1n) is 7.43. The third-order valence-electron chi connectivity index (χ3n) is 4.18. The molecule has 0 unspecified atom stereocenters. The van der Waals surface area contributed by atoms with Crippen molar-refractivity contribution in [1.29, 1.82) is 0 Å². The van der Waals surface area contributed by atoms with Crippen molar-refractivity contribution in [2.75, 3.05) is 19.2 Å². The van der Waals surface area contributed by atoms with Crippen molar-refractivity contribution < 1.29 is 9.47 Å². The fraction of sp³-hybridized carbons (Fsp3) is 0.467. The minimum absolute atomic E-state index is 0.559. The van der Waals surface area contributed by atoms with Crippen molar-refractivity contribution in [3.63, 3.8) is 0 Å². The van der Waals surface area contributed by atoms with Gasteiger partial charge < -0.3 is 9.47 Å². The van der Waals surface area contributed by atoms with Gasteiger partial charge in [-0.1, -0.05) is 5.21 Å². The quantitative estimate of drug-likeness (QED) is 0.925. The molecule has 1 saturated carbocycles. The van der Waals surface area contributed by atoms with Crippen LogP contribution in [-0.2, 0) is 6.54 Å². The van der Waals surface area contributed by atoms with Gasteiger partial charge in [-0.3, -0.25) is 5.01 Å². The van der Waals surface area contributed by atoms with Gasteiger partial charge in [-0.25, -0.2) is 10.1 Å². The smallest absolute Gasteiger partial charge is 0.188 e. The molecule has 1 aliphatic carbocycles. The Morgan fingerprint density at radius 1 is 1.23 bits per heavy atom. The molecule has 1 fully saturated rings. The van der Waals surface area contributed by atoms with Gasteiger partial charge in [0.05, 0.1) is 37.8 Å². The second kappa shape index (κ2) is 4.88. The molecule has 1 aliphatic heterocycles. The number of fused-ring (bicyclic) bond motifs is 3. The monoisotopic (exact) mass is 301 g/mol. The van der Waals surface area contributed by atoms with E-state index in [9.17, 15) is 0 Å². The number of anilines is 1. The first kappa shape index (κ1) is 13.4. The maximum absolute atomic E-state index is 5.60. The van der Waals surface area contributed by atoms with Crippen LogP contribution in [0.25, 0.3) is 5.69 Å². The highest BCUT2D eigenvalue weighted by molar-refractivity contribution is 5.74. The maximum atomic E-state index is 5.60. The predicted octanol–water partition coefficient (Wildman–Crippen LogP) is 1.58. The third kappa shape index (κ3) is 1.93. The molecule has 7 heteroatoms. The van der Waals surface area contributed by atoms with Gasteiger partial charge in [0.15, 0.2) is 11.5 Å². The van der Waals surface area contributed by atoms with Gasteiger partial charge in [0, 0.05) is 6.04 Å². The molecule has 1 N–H and O–H groups in total. The number of aromatic nitrogens is 3. The zero-order chi connectivity index (χ0) is 15.3. The van der Waals surface area contributed by atoms with E-state index in [2.05, 4.69) is 20.7 Å². The largest absolute Gasteiger partial charge is 0.493 e. The predicted molar refractivity (Wildman–Crippen MR) is 81.5 cm³/mol. The standard InChI is InChI=1S/C15H19N5O2/c1-9-12-8-19(17-10-4-5-10)11-6-7-13(21-2)15(22-3)14(11)20(12)18-16-9/h6-7,10,17H,4-5,8H2,1-3H3. The van der Waals surface area contributed by atoms with Crippen LogP contribution in [0.3, 0.4) is 0 Å². The Morgan fingerprint density at radius 2 is 2.05 bits per heavy atom. The van der Waals surface area contributed by atoms with E-state index in [1.54, 1.807) is 14.2 Å². The average Bonchev–Trinajstić information content (AvgIpc) is 3.28. The molecule has 1 aromatic carbocycles. The van der Waals surface area contributed by atoms with Crippen LogP contribution in [0.1, 0.15) is 24.2 Å². The number of hydrogen-bond donors (Lipinski definition) is 1. The van der Waals surface area contributed by atoms with Crippen molar-refractivity contribution in [2.45, 2.75) is 32.4 Å². The van der Waals surface area contributed by atoms with Gasteiger partial charge in [0.25, 0.3) is 0 Å². The molecule has 2 aromatic rings. The number of nitrogens with zero attached hydrogens (tertiary/aromatic N) is 4. The van der Waals surface area contributed by atoms with Crippen molar-refractivity contribution in [2.24, 2.45) is 0 Å². The number of benzene rings is 1. The van der Waals surface area contributed by atoms with Crippen LogP contribution in [0, 0.1) is 6.92 Å². The summed E-state index contributed by atoms with van der Waals surface area (Å²) in [4.78, 5) is 0. The summed E-state index contributed by atoms with van der Waals surface area (Å²) in [5.41, 5.74) is 7.46. The maximum Gasteiger partial charge on any atom is 0.188 e. The van der Waals surface area contributed by atoms with Crippen molar-refractivity contribution >= 4 is 5.69 Å². The summed E-state index contributed by atoms with van der Waals surface area (Å²) in [6, 6.07) is 4.52. The molecular formula is C15H19N5O2. The summed E-state index contributed by atoms with van der Waals surface area (Å²) in [6.07, 6.45) is 2.44. The van der Waals surface area contributed by atoms with Gasteiger partial charge in [-0.2, -0.15) is 0 Å². The molecule has 0 atom stereocenters. The lowest BCUT2D eigenvalue weighted by Gasteiger charge is -2.33. The number of nitrogens with one attached hydrogen (secondary N) is 1. The number of rotatable bonds is 4. The average molecular weight is 301 g/mol. The van der Waals surface area contributed by atoms with E-state index in [0.29, 0.717) is 17.5 Å². The highest BCUT2D eigenvalue weighted by atomic mass is 16.5. The molecular weight excluding hydrogens is 282 g/mol. The first-order valence-corrected chi connectivity index (χ1v) is 7.43. The molecule has 0 spiro atoms. The first-order chi connectivity index (χ1) is 10.7. The van der Waals surface area contributed by atoms with Crippen LogP contribution in [0.15, 0.2) is 12.1 Å². The highest BCUT2D eigenvalue weighted by Crippen LogP contribution is 2.43. The number of ether oxygens (including phenoxy) is 2. The van der Waals surface area contributed by atoms with Gasteiger partial charge in [0.1, 0.15) is 5.69 Å². The lowest BCUT2D eigenvalue weighted by atomic mass is 10.1. The Balaban J connectivity index is 1.91. The van der Waals surface area contributed by atoms with Gasteiger partial charge in [-0.15, -0.1) is 5.10 Å². The van der Waals surface area contributed by atoms with E-state index in [0.717, 1.165) is 29.3 Å². The number of methoxy groups -OCH3 is 2. The molecule has 0 amide bonds. The van der Waals surface area contributed by atoms with Crippen LogP contribution in [0.5, 0.6) is 11.5 Å². The topological polar surface area (TPSA) is 64.4 Å². The minimum atomic E-state index is 0.559. The number of aryl methyl sites for hydroxylation is 1. The van der Waals surface area contributed by atoms with Crippen LogP contribution >= 0.6 is 0 Å². The summed E-state index contributed by atoms with van der Waals surface area (Å²) >= 11 is 0. The molecule has 0 bridgehead atoms. The second-order valence-electron chi connectivity index (χ2n) is 5.69. The Kier molecular flexibility index (Phi) is 2.97. The molecule has 2 aliphatic rings. The number of hydrazine groups is 1. The van der Waals surface area contributed by atoms with E-state index in [-0.39, 0.29) is 0 Å². The van der Waals surface area contributed by atoms with Crippen LogP contribution in [0.4, 0.5) is 5.69 Å². The highest BCUT2D eigenvalue weighted by Gasteiger charge is 2.33. The Hall–Kier alpha value is -2.28. The molecule has 116 valence electrons.